The highest BCUT2D eigenvalue weighted by Crippen LogP contribution is 2.26. The van der Waals surface area contributed by atoms with E-state index in [1.54, 1.807) is 0 Å². The lowest BCUT2D eigenvalue weighted by atomic mass is 10.0. The Morgan fingerprint density at radius 1 is 0.944 bits per heavy atom. The molecule has 0 saturated carbocycles. The lowest BCUT2D eigenvalue weighted by Crippen LogP contribution is -2.00. The highest BCUT2D eigenvalue weighted by molar-refractivity contribution is 5.88. The number of rotatable bonds is 2. The van der Waals surface area contributed by atoms with Gasteiger partial charge >= 0.3 is 5.97 Å². The normalized spacial score (nSPS) is 10.3. The number of carboxylic acids is 1. The van der Waals surface area contributed by atoms with E-state index >= 15 is 0 Å². The summed E-state index contributed by atoms with van der Waals surface area (Å²) in [4.78, 5) is 10.6. The molecule has 0 aromatic heterocycles. The van der Waals surface area contributed by atoms with Crippen LogP contribution in [0.4, 0.5) is 8.78 Å². The molecule has 0 aliphatic heterocycles. The topological polar surface area (TPSA) is 57.5 Å². The third kappa shape index (κ3) is 2.15. The minimum Gasteiger partial charge on any atom is -0.505 e. The van der Waals surface area contributed by atoms with Crippen molar-refractivity contribution in [3.05, 3.63) is 53.6 Å². The van der Waals surface area contributed by atoms with Crippen molar-refractivity contribution in [3.8, 4) is 16.9 Å². The Labute approximate surface area is 101 Å². The van der Waals surface area contributed by atoms with E-state index in [-0.39, 0.29) is 0 Å². The molecule has 2 aromatic carbocycles. The van der Waals surface area contributed by atoms with Crippen molar-refractivity contribution < 1.29 is 23.8 Å². The molecule has 18 heavy (non-hydrogen) atoms. The Morgan fingerprint density at radius 2 is 1.56 bits per heavy atom. The molecule has 2 aromatic rings. The highest BCUT2D eigenvalue weighted by atomic mass is 19.1. The molecule has 0 bridgehead atoms. The SMILES string of the molecule is O=C(O)c1ccc(-c2ccc(F)c(O)c2)cc1F. The summed E-state index contributed by atoms with van der Waals surface area (Å²) in [5.41, 5.74) is 0.308. The molecule has 0 radical (unpaired) electrons. The molecule has 5 heteroatoms. The first kappa shape index (κ1) is 12.0. The van der Waals surface area contributed by atoms with E-state index in [9.17, 15) is 18.7 Å². The molecule has 3 nitrogen and oxygen atoms in total. The fourth-order valence-electron chi connectivity index (χ4n) is 1.56. The number of carbonyl (C=O) groups is 1. The molecule has 0 fully saturated rings. The van der Waals surface area contributed by atoms with Gasteiger partial charge in [-0.15, -0.1) is 0 Å². The van der Waals surface area contributed by atoms with Gasteiger partial charge in [-0.05, 0) is 35.4 Å². The maximum absolute atomic E-state index is 13.4. The second-order valence-corrected chi connectivity index (χ2v) is 3.67. The van der Waals surface area contributed by atoms with Gasteiger partial charge in [0.1, 0.15) is 5.82 Å². The van der Waals surface area contributed by atoms with E-state index in [1.165, 1.54) is 12.1 Å². The number of halogens is 2. The van der Waals surface area contributed by atoms with Crippen LogP contribution < -0.4 is 0 Å². The molecule has 0 aliphatic carbocycles. The standard InChI is InChI=1S/C13H8F2O3/c14-10-4-2-8(6-12(10)16)7-1-3-9(13(17)18)11(15)5-7/h1-6,16H,(H,17,18). The lowest BCUT2D eigenvalue weighted by Gasteiger charge is -2.05. The predicted octanol–water partition coefficient (Wildman–Crippen LogP) is 3.04. The average molecular weight is 250 g/mol. The Kier molecular flexibility index (Phi) is 2.97. The molecule has 0 unspecified atom stereocenters. The fraction of sp³-hybridized carbons (Fsp3) is 0. The number of phenolic OH excluding ortho intramolecular Hbond substituents is 1. The van der Waals surface area contributed by atoms with Crippen LogP contribution in [0.25, 0.3) is 11.1 Å². The summed E-state index contributed by atoms with van der Waals surface area (Å²) in [6.45, 7) is 0. The van der Waals surface area contributed by atoms with Crippen LogP contribution >= 0.6 is 0 Å². The van der Waals surface area contributed by atoms with Gasteiger partial charge in [0.05, 0.1) is 5.56 Å². The van der Waals surface area contributed by atoms with E-state index in [4.69, 9.17) is 5.11 Å². The van der Waals surface area contributed by atoms with Crippen molar-refractivity contribution in [1.82, 2.24) is 0 Å². The van der Waals surface area contributed by atoms with Gasteiger partial charge in [-0.2, -0.15) is 0 Å². The largest absolute Gasteiger partial charge is 0.505 e. The zero-order valence-corrected chi connectivity index (χ0v) is 9.02. The molecule has 92 valence electrons. The van der Waals surface area contributed by atoms with Crippen molar-refractivity contribution in [2.75, 3.05) is 0 Å². The van der Waals surface area contributed by atoms with Gasteiger partial charge < -0.3 is 10.2 Å². The van der Waals surface area contributed by atoms with Crippen molar-refractivity contribution in [1.29, 1.82) is 0 Å². The zero-order chi connectivity index (χ0) is 13.3. The van der Waals surface area contributed by atoms with Crippen LogP contribution in [-0.4, -0.2) is 16.2 Å². The number of carboxylic acid groups (broad SMARTS) is 1. The number of hydrogen-bond acceptors (Lipinski definition) is 2. The molecular formula is C13H8F2O3. The van der Waals surface area contributed by atoms with Crippen molar-refractivity contribution in [3.63, 3.8) is 0 Å². The molecule has 0 atom stereocenters. The molecule has 0 aliphatic rings. The van der Waals surface area contributed by atoms with E-state index < -0.39 is 28.9 Å². The van der Waals surface area contributed by atoms with Crippen molar-refractivity contribution in [2.45, 2.75) is 0 Å². The Bertz CT molecular complexity index is 624. The van der Waals surface area contributed by atoms with E-state index in [0.717, 1.165) is 24.3 Å². The van der Waals surface area contributed by atoms with E-state index in [2.05, 4.69) is 0 Å². The van der Waals surface area contributed by atoms with Crippen molar-refractivity contribution >= 4 is 5.97 Å². The van der Waals surface area contributed by atoms with Gasteiger partial charge in [-0.1, -0.05) is 12.1 Å². The highest BCUT2D eigenvalue weighted by Gasteiger charge is 2.11. The number of phenols is 1. The molecular weight excluding hydrogens is 242 g/mol. The van der Waals surface area contributed by atoms with Crippen LogP contribution in [0.15, 0.2) is 36.4 Å². The molecule has 2 rings (SSSR count). The fourth-order valence-corrected chi connectivity index (χ4v) is 1.56. The summed E-state index contributed by atoms with van der Waals surface area (Å²) in [6, 6.07) is 7.09. The summed E-state index contributed by atoms with van der Waals surface area (Å²) < 4.78 is 26.3. The monoisotopic (exact) mass is 250 g/mol. The lowest BCUT2D eigenvalue weighted by molar-refractivity contribution is 0.0692. The van der Waals surface area contributed by atoms with Crippen LogP contribution in [-0.2, 0) is 0 Å². The molecule has 0 spiro atoms. The second kappa shape index (κ2) is 4.44. The van der Waals surface area contributed by atoms with Crippen LogP contribution in [0.3, 0.4) is 0 Å². The third-order valence-electron chi connectivity index (χ3n) is 2.48. The Hall–Kier alpha value is -2.43. The molecule has 0 heterocycles. The third-order valence-corrected chi connectivity index (χ3v) is 2.48. The van der Waals surface area contributed by atoms with Gasteiger partial charge in [-0.3, -0.25) is 0 Å². The Morgan fingerprint density at radius 3 is 2.11 bits per heavy atom. The predicted molar refractivity (Wildman–Crippen MR) is 60.4 cm³/mol. The van der Waals surface area contributed by atoms with Crippen LogP contribution in [0.2, 0.25) is 0 Å². The quantitative estimate of drug-likeness (QED) is 0.861. The zero-order valence-electron chi connectivity index (χ0n) is 9.02. The Balaban J connectivity index is 2.48. The number of aromatic hydroxyl groups is 1. The number of hydrogen-bond donors (Lipinski definition) is 2. The number of aromatic carboxylic acids is 1. The summed E-state index contributed by atoms with van der Waals surface area (Å²) in [5, 5.41) is 17.9. The van der Waals surface area contributed by atoms with Gasteiger partial charge in [0.2, 0.25) is 0 Å². The first-order chi connectivity index (χ1) is 8.49. The van der Waals surface area contributed by atoms with Gasteiger partial charge in [0.15, 0.2) is 11.6 Å². The average Bonchev–Trinajstić information content (AvgIpc) is 2.32. The number of benzene rings is 2. The summed E-state index contributed by atoms with van der Waals surface area (Å²) in [7, 11) is 0. The van der Waals surface area contributed by atoms with E-state index in [0.29, 0.717) is 11.1 Å². The minimum atomic E-state index is -1.36. The first-order valence-corrected chi connectivity index (χ1v) is 5.01. The van der Waals surface area contributed by atoms with E-state index in [1.807, 2.05) is 0 Å². The van der Waals surface area contributed by atoms with Gasteiger partial charge in [0, 0.05) is 0 Å². The molecule has 0 saturated heterocycles. The van der Waals surface area contributed by atoms with Crippen LogP contribution in [0.1, 0.15) is 10.4 Å². The maximum atomic E-state index is 13.4. The van der Waals surface area contributed by atoms with Gasteiger partial charge in [0.25, 0.3) is 0 Å². The first-order valence-electron chi connectivity index (χ1n) is 5.01. The summed E-state index contributed by atoms with van der Waals surface area (Å²) in [5.74, 6) is -3.57. The van der Waals surface area contributed by atoms with Crippen LogP contribution in [0.5, 0.6) is 5.75 Å². The molecule has 2 N–H and O–H groups in total. The summed E-state index contributed by atoms with van der Waals surface area (Å²) in [6.07, 6.45) is 0. The van der Waals surface area contributed by atoms with Crippen molar-refractivity contribution in [2.24, 2.45) is 0 Å². The smallest absolute Gasteiger partial charge is 0.338 e. The molecule has 0 amide bonds. The second-order valence-electron chi connectivity index (χ2n) is 3.67. The maximum Gasteiger partial charge on any atom is 0.338 e. The minimum absolute atomic E-state index is 0.354. The van der Waals surface area contributed by atoms with Gasteiger partial charge in [-0.25, -0.2) is 13.6 Å². The van der Waals surface area contributed by atoms with Crippen LogP contribution in [0, 0.1) is 11.6 Å². The summed E-state index contributed by atoms with van der Waals surface area (Å²) >= 11 is 0.